The molecular weight excluding hydrogens is 380 g/mol. The Labute approximate surface area is 130 Å². The Bertz CT molecular complexity index is 533. The van der Waals surface area contributed by atoms with Crippen molar-refractivity contribution in [3.63, 3.8) is 0 Å². The molecule has 0 radical (unpaired) electrons. The van der Waals surface area contributed by atoms with Crippen LogP contribution in [0, 0.1) is 10.5 Å². The van der Waals surface area contributed by atoms with Crippen molar-refractivity contribution in [3.05, 3.63) is 66.7 Å². The molecule has 0 aliphatic heterocycles. The minimum Gasteiger partial charge on any atom is -0.320 e. The zero-order chi connectivity index (χ0) is 13.3. The maximum absolute atomic E-state index is 6.31. The molecule has 0 aliphatic rings. The molecule has 4 heteroatoms. The number of hydrogen-bond donors (Lipinski definition) is 1. The monoisotopic (exact) mass is 391 g/mol. The first kappa shape index (κ1) is 14.1. The van der Waals surface area contributed by atoms with E-state index < -0.39 is 0 Å². The van der Waals surface area contributed by atoms with Gasteiger partial charge in [0.2, 0.25) is 0 Å². The summed E-state index contributed by atoms with van der Waals surface area (Å²) >= 11 is 14.6. The van der Waals surface area contributed by atoms with E-state index in [0.717, 1.165) is 11.1 Å². The standard InChI is InChI=1S/C14H12Cl2IN/c1-8-4-2-6-10(13(8)17)14(18)9-5-3-7-11(15)12(9)16/h2-7,14H,18H2,1H3. The average molecular weight is 392 g/mol. The molecule has 1 unspecified atom stereocenters. The molecule has 0 amide bonds. The molecule has 0 bridgehead atoms. The van der Waals surface area contributed by atoms with Gasteiger partial charge in [0.1, 0.15) is 0 Å². The van der Waals surface area contributed by atoms with E-state index in [1.807, 2.05) is 24.3 Å². The summed E-state index contributed by atoms with van der Waals surface area (Å²) in [7, 11) is 0. The third kappa shape index (κ3) is 2.67. The minimum absolute atomic E-state index is 0.261. The van der Waals surface area contributed by atoms with Gasteiger partial charge in [-0.15, -0.1) is 0 Å². The molecule has 0 fully saturated rings. The fraction of sp³-hybridized carbons (Fsp3) is 0.143. The molecule has 18 heavy (non-hydrogen) atoms. The third-order valence-corrected chi connectivity index (χ3v) is 5.18. The second-order valence-electron chi connectivity index (χ2n) is 4.10. The minimum atomic E-state index is -0.261. The van der Waals surface area contributed by atoms with Crippen LogP contribution < -0.4 is 5.73 Å². The van der Waals surface area contributed by atoms with E-state index in [-0.39, 0.29) is 6.04 Å². The van der Waals surface area contributed by atoms with E-state index in [9.17, 15) is 0 Å². The topological polar surface area (TPSA) is 26.0 Å². The van der Waals surface area contributed by atoms with Crippen molar-refractivity contribution in [1.82, 2.24) is 0 Å². The van der Waals surface area contributed by atoms with Crippen molar-refractivity contribution in [1.29, 1.82) is 0 Å². The van der Waals surface area contributed by atoms with Crippen LogP contribution in [0.3, 0.4) is 0 Å². The van der Waals surface area contributed by atoms with Crippen molar-refractivity contribution >= 4 is 45.8 Å². The van der Waals surface area contributed by atoms with Crippen LogP contribution in [0.1, 0.15) is 22.7 Å². The summed E-state index contributed by atoms with van der Waals surface area (Å²) < 4.78 is 1.17. The normalized spacial score (nSPS) is 12.5. The summed E-state index contributed by atoms with van der Waals surface area (Å²) in [6.07, 6.45) is 0. The predicted octanol–water partition coefficient (Wildman–Crippen LogP) is 4.95. The van der Waals surface area contributed by atoms with Gasteiger partial charge in [-0.2, -0.15) is 0 Å². The van der Waals surface area contributed by atoms with Crippen LogP contribution in [0.25, 0.3) is 0 Å². The molecule has 2 aromatic carbocycles. The van der Waals surface area contributed by atoms with Gasteiger partial charge in [0.25, 0.3) is 0 Å². The van der Waals surface area contributed by atoms with Crippen molar-refractivity contribution < 1.29 is 0 Å². The van der Waals surface area contributed by atoms with Crippen LogP contribution in [-0.4, -0.2) is 0 Å². The first-order valence-corrected chi connectivity index (χ1v) is 7.30. The predicted molar refractivity (Wildman–Crippen MR) is 86.4 cm³/mol. The fourth-order valence-corrected chi connectivity index (χ4v) is 2.96. The maximum Gasteiger partial charge on any atom is 0.0643 e. The Morgan fingerprint density at radius 3 is 2.39 bits per heavy atom. The van der Waals surface area contributed by atoms with E-state index >= 15 is 0 Å². The number of hydrogen-bond acceptors (Lipinski definition) is 1. The van der Waals surface area contributed by atoms with Crippen molar-refractivity contribution in [2.75, 3.05) is 0 Å². The molecule has 94 valence electrons. The van der Waals surface area contributed by atoms with Gasteiger partial charge in [0, 0.05) is 3.57 Å². The average Bonchev–Trinajstić information content (AvgIpc) is 2.35. The number of halogens is 3. The first-order chi connectivity index (χ1) is 8.52. The van der Waals surface area contributed by atoms with Crippen LogP contribution in [0.5, 0.6) is 0 Å². The highest BCUT2D eigenvalue weighted by Gasteiger charge is 2.17. The van der Waals surface area contributed by atoms with Crippen LogP contribution in [0.15, 0.2) is 36.4 Å². The highest BCUT2D eigenvalue weighted by atomic mass is 127. The lowest BCUT2D eigenvalue weighted by Crippen LogP contribution is -2.14. The number of aryl methyl sites for hydroxylation is 1. The third-order valence-electron chi connectivity index (χ3n) is 2.87. The lowest BCUT2D eigenvalue weighted by molar-refractivity contribution is 0.863. The molecule has 0 saturated carbocycles. The zero-order valence-electron chi connectivity index (χ0n) is 9.75. The Kier molecular flexibility index (Phi) is 4.54. The lowest BCUT2D eigenvalue weighted by atomic mass is 9.98. The number of nitrogens with two attached hydrogens (primary N) is 1. The van der Waals surface area contributed by atoms with Gasteiger partial charge in [0.05, 0.1) is 16.1 Å². The van der Waals surface area contributed by atoms with Gasteiger partial charge >= 0.3 is 0 Å². The highest BCUT2D eigenvalue weighted by Crippen LogP contribution is 2.33. The number of benzene rings is 2. The van der Waals surface area contributed by atoms with E-state index in [4.69, 9.17) is 28.9 Å². The summed E-state index contributed by atoms with van der Waals surface area (Å²) in [4.78, 5) is 0. The van der Waals surface area contributed by atoms with Crippen LogP contribution in [-0.2, 0) is 0 Å². The van der Waals surface area contributed by atoms with Gasteiger partial charge in [-0.1, -0.05) is 53.5 Å². The molecular formula is C14H12Cl2IN. The summed E-state index contributed by atoms with van der Waals surface area (Å²) in [6, 6.07) is 11.4. The van der Waals surface area contributed by atoms with Gasteiger partial charge in [-0.05, 0) is 52.3 Å². The van der Waals surface area contributed by atoms with Crippen molar-refractivity contribution in [2.24, 2.45) is 5.73 Å². The molecule has 0 heterocycles. The van der Waals surface area contributed by atoms with E-state index in [1.165, 1.54) is 9.13 Å². The van der Waals surface area contributed by atoms with E-state index in [0.29, 0.717) is 10.0 Å². The summed E-state index contributed by atoms with van der Waals surface area (Å²) in [5, 5.41) is 1.07. The molecule has 1 atom stereocenters. The molecule has 2 rings (SSSR count). The molecule has 0 spiro atoms. The quantitative estimate of drug-likeness (QED) is 0.719. The molecule has 0 saturated heterocycles. The summed E-state index contributed by atoms with van der Waals surface area (Å²) in [6.45, 7) is 2.07. The van der Waals surface area contributed by atoms with Gasteiger partial charge in [-0.25, -0.2) is 0 Å². The Morgan fingerprint density at radius 1 is 1.06 bits per heavy atom. The second kappa shape index (κ2) is 5.78. The van der Waals surface area contributed by atoms with Gasteiger partial charge in [-0.3, -0.25) is 0 Å². The second-order valence-corrected chi connectivity index (χ2v) is 5.96. The Morgan fingerprint density at radius 2 is 1.67 bits per heavy atom. The summed E-state index contributed by atoms with van der Waals surface area (Å²) in [5.41, 5.74) is 9.44. The molecule has 0 aliphatic carbocycles. The number of rotatable bonds is 2. The molecule has 1 nitrogen and oxygen atoms in total. The first-order valence-electron chi connectivity index (χ1n) is 5.47. The lowest BCUT2D eigenvalue weighted by Gasteiger charge is -2.17. The highest BCUT2D eigenvalue weighted by molar-refractivity contribution is 14.1. The summed E-state index contributed by atoms with van der Waals surface area (Å²) in [5.74, 6) is 0. The largest absolute Gasteiger partial charge is 0.320 e. The maximum atomic E-state index is 6.31. The molecule has 2 aromatic rings. The van der Waals surface area contributed by atoms with Gasteiger partial charge < -0.3 is 5.73 Å². The van der Waals surface area contributed by atoms with Crippen molar-refractivity contribution in [3.8, 4) is 0 Å². The Hall–Kier alpha value is -0.290. The van der Waals surface area contributed by atoms with E-state index in [1.54, 1.807) is 6.07 Å². The van der Waals surface area contributed by atoms with E-state index in [2.05, 4.69) is 35.6 Å². The SMILES string of the molecule is Cc1cccc(C(N)c2cccc(Cl)c2Cl)c1I. The van der Waals surface area contributed by atoms with Crippen LogP contribution >= 0.6 is 45.8 Å². The van der Waals surface area contributed by atoms with Crippen molar-refractivity contribution in [2.45, 2.75) is 13.0 Å². The Balaban J connectivity index is 2.51. The van der Waals surface area contributed by atoms with Gasteiger partial charge in [0.15, 0.2) is 0 Å². The zero-order valence-corrected chi connectivity index (χ0v) is 13.4. The molecule has 2 N–H and O–H groups in total. The smallest absolute Gasteiger partial charge is 0.0643 e. The molecule has 0 aromatic heterocycles. The van der Waals surface area contributed by atoms with Crippen LogP contribution in [0.2, 0.25) is 10.0 Å². The fourth-order valence-electron chi connectivity index (χ4n) is 1.84. The van der Waals surface area contributed by atoms with Crippen LogP contribution in [0.4, 0.5) is 0 Å².